The van der Waals surface area contributed by atoms with E-state index >= 15 is 0 Å². The summed E-state index contributed by atoms with van der Waals surface area (Å²) in [6, 6.07) is 15.7. The van der Waals surface area contributed by atoms with Crippen LogP contribution >= 0.6 is 11.6 Å². The van der Waals surface area contributed by atoms with Crippen LogP contribution in [-0.2, 0) is 19.5 Å². The number of imidazole rings is 1. The molecule has 0 spiro atoms. The Morgan fingerprint density at radius 2 is 2.02 bits per heavy atom. The molecule has 4 aromatic rings. The monoisotopic (exact) mass is 631 g/mol. The number of nitrogens with one attached hydrogen (secondary N) is 1. The first kappa shape index (κ1) is 30.3. The molecule has 0 saturated heterocycles. The van der Waals surface area contributed by atoms with Crippen LogP contribution in [0, 0.1) is 17.0 Å². The summed E-state index contributed by atoms with van der Waals surface area (Å²) in [5.41, 5.74) is 6.31. The van der Waals surface area contributed by atoms with Crippen LogP contribution in [0.15, 0.2) is 61.1 Å². The van der Waals surface area contributed by atoms with Crippen molar-refractivity contribution in [3.63, 3.8) is 0 Å². The molecule has 0 amide bonds. The molecule has 0 unspecified atom stereocenters. The summed E-state index contributed by atoms with van der Waals surface area (Å²) in [7, 11) is 1.63. The number of benzene rings is 3. The number of fused-ring (bicyclic) bond motifs is 2. The van der Waals surface area contributed by atoms with Gasteiger partial charge in [-0.3, -0.25) is 4.90 Å². The molecule has 234 valence electrons. The summed E-state index contributed by atoms with van der Waals surface area (Å²) in [5.74, 6) is 2.82. The minimum atomic E-state index is -0.426. The molecule has 12 heteroatoms. The van der Waals surface area contributed by atoms with E-state index in [1.54, 1.807) is 11.7 Å². The largest absolute Gasteiger partial charge is 0.493 e. The number of methoxy groups -OCH3 is 1. The van der Waals surface area contributed by atoms with Gasteiger partial charge in [0.05, 0.1) is 7.11 Å². The van der Waals surface area contributed by atoms with E-state index < -0.39 is 4.92 Å². The highest BCUT2D eigenvalue weighted by Gasteiger charge is 2.22. The molecule has 11 nitrogen and oxygen atoms in total. The lowest BCUT2D eigenvalue weighted by atomic mass is 9.95. The first-order chi connectivity index (χ1) is 21.9. The summed E-state index contributed by atoms with van der Waals surface area (Å²) < 4.78 is 24.9. The van der Waals surface area contributed by atoms with Gasteiger partial charge in [-0.25, -0.2) is 9.55 Å². The van der Waals surface area contributed by atoms with Crippen molar-refractivity contribution in [2.75, 3.05) is 40.1 Å². The van der Waals surface area contributed by atoms with Gasteiger partial charge in [0.15, 0.2) is 29.3 Å². The highest BCUT2D eigenvalue weighted by atomic mass is 35.5. The van der Waals surface area contributed by atoms with Gasteiger partial charge in [0.25, 0.3) is 0 Å². The van der Waals surface area contributed by atoms with Crippen LogP contribution < -0.4 is 24.3 Å². The number of hydrogen-bond donors (Lipinski definition) is 1. The van der Waals surface area contributed by atoms with Gasteiger partial charge >= 0.3 is 5.82 Å². The molecule has 2 aliphatic rings. The number of halogens is 1. The second-order valence-corrected chi connectivity index (χ2v) is 11.3. The number of nitrogens with zero attached hydrogens (tertiary/aromatic N) is 4. The van der Waals surface area contributed by atoms with E-state index in [1.807, 2.05) is 49.4 Å². The summed E-state index contributed by atoms with van der Waals surface area (Å²) in [6.07, 6.45) is 5.77. The zero-order valence-electron chi connectivity index (χ0n) is 25.1. The Bertz CT molecular complexity index is 1740. The Morgan fingerprint density at radius 1 is 1.18 bits per heavy atom. The molecule has 0 saturated carbocycles. The molecule has 0 radical (unpaired) electrons. The minimum Gasteiger partial charge on any atom is -0.493 e. The smallest absolute Gasteiger partial charge is 0.342 e. The Hall–Kier alpha value is -4.74. The topological polar surface area (TPSA) is 113 Å². The summed E-state index contributed by atoms with van der Waals surface area (Å²) in [6.45, 7) is 5.55. The number of aromatic nitrogens is 2. The highest BCUT2D eigenvalue weighted by molar-refractivity contribution is 6.30. The number of nitro groups is 1. The van der Waals surface area contributed by atoms with E-state index in [0.29, 0.717) is 49.3 Å². The van der Waals surface area contributed by atoms with Gasteiger partial charge in [-0.1, -0.05) is 29.8 Å². The fourth-order valence-corrected chi connectivity index (χ4v) is 5.87. The molecule has 3 heterocycles. The summed E-state index contributed by atoms with van der Waals surface area (Å²) >= 11 is 6.25. The molecule has 0 aliphatic carbocycles. The third kappa shape index (κ3) is 6.84. The van der Waals surface area contributed by atoms with E-state index in [9.17, 15) is 10.1 Å². The maximum atomic E-state index is 11.4. The maximum Gasteiger partial charge on any atom is 0.342 e. The van der Waals surface area contributed by atoms with Crippen molar-refractivity contribution in [1.82, 2.24) is 19.8 Å². The molecule has 0 bridgehead atoms. The normalized spacial score (nSPS) is 14.4. The first-order valence-electron chi connectivity index (χ1n) is 14.7. The molecular weight excluding hydrogens is 598 g/mol. The quantitative estimate of drug-likeness (QED) is 0.155. The zero-order chi connectivity index (χ0) is 31.3. The molecular formula is C33H34ClN5O6. The summed E-state index contributed by atoms with van der Waals surface area (Å²) in [4.78, 5) is 17.1. The van der Waals surface area contributed by atoms with Crippen LogP contribution in [0.3, 0.4) is 0 Å². The van der Waals surface area contributed by atoms with E-state index in [1.165, 1.54) is 18.1 Å². The Balaban J connectivity index is 1.20. The average Bonchev–Trinajstić information content (AvgIpc) is 3.70. The predicted molar refractivity (Wildman–Crippen MR) is 171 cm³/mol. The van der Waals surface area contributed by atoms with E-state index in [2.05, 4.69) is 27.3 Å². The van der Waals surface area contributed by atoms with Crippen molar-refractivity contribution >= 4 is 29.2 Å². The van der Waals surface area contributed by atoms with Gasteiger partial charge in [-0.05, 0) is 71.4 Å². The first-order valence-corrected chi connectivity index (χ1v) is 15.1. The molecule has 3 aromatic carbocycles. The van der Waals surface area contributed by atoms with Crippen molar-refractivity contribution in [3.8, 4) is 23.0 Å². The van der Waals surface area contributed by atoms with Crippen LogP contribution in [0.1, 0.15) is 27.8 Å². The molecule has 1 aromatic heterocycles. The van der Waals surface area contributed by atoms with Gasteiger partial charge in [-0.2, -0.15) is 0 Å². The number of hydrogen-bond acceptors (Lipinski definition) is 9. The SMILES string of the molecule is COc1ccc(/C=C2\NCCc3cc4c(cc32)OCO4)c(C)c1OCCN(CCn1cncc1[N+](=O)[O-])Cc1cccc(Cl)c1. The standard InChI is InChI=1S/C33H34ClN5O6/c1-22-24(15-28-27-17-31-30(44-21-45-31)16-25(27)8-9-36-28)6-7-29(42-2)33(22)43-13-12-37(19-23-4-3-5-26(34)14-23)10-11-38-20-35-18-32(38)39(40)41/h3-7,14-18,20,36H,8-13,19,21H2,1-2H3/b28-15-. The van der Waals surface area contributed by atoms with Crippen LogP contribution in [0.2, 0.25) is 5.02 Å². The van der Waals surface area contributed by atoms with Crippen molar-refractivity contribution < 1.29 is 23.9 Å². The minimum absolute atomic E-state index is 0.0411. The summed E-state index contributed by atoms with van der Waals surface area (Å²) in [5, 5.41) is 15.6. The number of rotatable bonds is 12. The van der Waals surface area contributed by atoms with Gasteiger partial charge in [0.2, 0.25) is 6.79 Å². The lowest BCUT2D eigenvalue weighted by Gasteiger charge is -2.24. The Kier molecular flexibility index (Phi) is 9.08. The lowest BCUT2D eigenvalue weighted by molar-refractivity contribution is -0.392. The van der Waals surface area contributed by atoms with Crippen LogP contribution in [0.5, 0.6) is 23.0 Å². The third-order valence-electron chi connectivity index (χ3n) is 8.01. The molecule has 0 fully saturated rings. The van der Waals surface area contributed by atoms with Crippen LogP contribution in [0.25, 0.3) is 11.8 Å². The van der Waals surface area contributed by atoms with E-state index in [4.69, 9.17) is 30.5 Å². The third-order valence-corrected chi connectivity index (χ3v) is 8.25. The maximum absolute atomic E-state index is 11.4. The predicted octanol–water partition coefficient (Wildman–Crippen LogP) is 5.72. The van der Waals surface area contributed by atoms with Crippen molar-refractivity contribution in [1.29, 1.82) is 0 Å². The van der Waals surface area contributed by atoms with Crippen molar-refractivity contribution in [2.45, 2.75) is 26.4 Å². The molecule has 45 heavy (non-hydrogen) atoms. The van der Waals surface area contributed by atoms with E-state index in [0.717, 1.165) is 52.4 Å². The van der Waals surface area contributed by atoms with Gasteiger partial charge in [-0.15, -0.1) is 0 Å². The van der Waals surface area contributed by atoms with Gasteiger partial charge in [0.1, 0.15) is 19.3 Å². The Morgan fingerprint density at radius 3 is 2.82 bits per heavy atom. The molecule has 6 rings (SSSR count). The molecule has 0 atom stereocenters. The van der Waals surface area contributed by atoms with Gasteiger partial charge in [0, 0.05) is 48.0 Å². The fraction of sp³-hybridized carbons (Fsp3) is 0.303. The number of ether oxygens (including phenoxy) is 4. The second-order valence-electron chi connectivity index (χ2n) is 10.9. The van der Waals surface area contributed by atoms with Crippen molar-refractivity contribution in [2.24, 2.45) is 0 Å². The highest BCUT2D eigenvalue weighted by Crippen LogP contribution is 2.39. The van der Waals surface area contributed by atoms with Crippen LogP contribution in [-0.4, -0.2) is 59.5 Å². The molecule has 2 aliphatic heterocycles. The van der Waals surface area contributed by atoms with Gasteiger partial charge < -0.3 is 34.4 Å². The zero-order valence-corrected chi connectivity index (χ0v) is 25.9. The average molecular weight is 632 g/mol. The Labute approximate surface area is 266 Å². The fourth-order valence-electron chi connectivity index (χ4n) is 5.66. The van der Waals surface area contributed by atoms with Crippen LogP contribution in [0.4, 0.5) is 5.82 Å². The lowest BCUT2D eigenvalue weighted by Crippen LogP contribution is -2.31. The van der Waals surface area contributed by atoms with E-state index in [-0.39, 0.29) is 12.6 Å². The molecule has 1 N–H and O–H groups in total. The van der Waals surface area contributed by atoms with Crippen molar-refractivity contribution in [3.05, 3.63) is 104 Å². The second kappa shape index (κ2) is 13.5.